The van der Waals surface area contributed by atoms with Crippen LogP contribution in [0.15, 0.2) is 18.5 Å². The third kappa shape index (κ3) is 3.72. The van der Waals surface area contributed by atoms with Crippen molar-refractivity contribution in [1.29, 1.82) is 0 Å². The third-order valence-electron chi connectivity index (χ3n) is 2.13. The highest BCUT2D eigenvalue weighted by molar-refractivity contribution is 7.98. The maximum absolute atomic E-state index is 5.42. The molecule has 0 aliphatic carbocycles. The lowest BCUT2D eigenvalue weighted by Crippen LogP contribution is -2.18. The quantitative estimate of drug-likeness (QED) is 0.805. The number of hydrogen-bond donors (Lipinski definition) is 1. The summed E-state index contributed by atoms with van der Waals surface area (Å²) < 4.78 is 5.42. The van der Waals surface area contributed by atoms with Crippen LogP contribution in [0.25, 0.3) is 0 Å². The highest BCUT2D eigenvalue weighted by Crippen LogP contribution is 2.20. The molecule has 1 N–H and O–H groups in total. The molecule has 0 saturated carbocycles. The standard InChI is InChI=1S/C11H18N2OS/c1-4-14-10-5-9(6-13-7-10)11(12-2)8-15-3/h5-7,11-12H,4,8H2,1-3H3. The molecular formula is C11H18N2OS. The molecule has 3 nitrogen and oxygen atoms in total. The predicted octanol–water partition coefficient (Wildman–Crippen LogP) is 2.10. The average molecular weight is 226 g/mol. The Bertz CT molecular complexity index is 294. The van der Waals surface area contributed by atoms with Gasteiger partial charge in [0.2, 0.25) is 0 Å². The number of thioether (sulfide) groups is 1. The van der Waals surface area contributed by atoms with Crippen LogP contribution in [0.1, 0.15) is 18.5 Å². The van der Waals surface area contributed by atoms with Crippen molar-refractivity contribution in [3.8, 4) is 5.75 Å². The molecule has 0 aliphatic heterocycles. The zero-order valence-electron chi connectivity index (χ0n) is 9.49. The Hall–Kier alpha value is -0.740. The minimum absolute atomic E-state index is 0.341. The summed E-state index contributed by atoms with van der Waals surface area (Å²) in [5, 5.41) is 3.27. The van der Waals surface area contributed by atoms with Gasteiger partial charge in [0.15, 0.2) is 0 Å². The molecule has 0 aliphatic rings. The number of rotatable bonds is 6. The zero-order chi connectivity index (χ0) is 11.1. The van der Waals surface area contributed by atoms with Crippen molar-refractivity contribution in [2.24, 2.45) is 0 Å². The number of aromatic nitrogens is 1. The zero-order valence-corrected chi connectivity index (χ0v) is 10.3. The van der Waals surface area contributed by atoms with Crippen molar-refractivity contribution in [3.63, 3.8) is 0 Å². The molecule has 0 spiro atoms. The van der Waals surface area contributed by atoms with E-state index >= 15 is 0 Å². The van der Waals surface area contributed by atoms with Gasteiger partial charge in [0.1, 0.15) is 5.75 Å². The van der Waals surface area contributed by atoms with Crippen LogP contribution in [0.5, 0.6) is 5.75 Å². The molecule has 1 atom stereocenters. The van der Waals surface area contributed by atoms with Gasteiger partial charge in [-0.1, -0.05) is 0 Å². The van der Waals surface area contributed by atoms with E-state index in [1.54, 1.807) is 6.20 Å². The van der Waals surface area contributed by atoms with Gasteiger partial charge in [-0.15, -0.1) is 0 Å². The van der Waals surface area contributed by atoms with Gasteiger partial charge >= 0.3 is 0 Å². The number of pyridine rings is 1. The Morgan fingerprint density at radius 3 is 2.93 bits per heavy atom. The summed E-state index contributed by atoms with van der Waals surface area (Å²) in [4.78, 5) is 4.18. The molecule has 1 unspecified atom stereocenters. The normalized spacial score (nSPS) is 12.5. The first-order valence-corrected chi connectivity index (χ1v) is 6.45. The molecule has 0 saturated heterocycles. The van der Waals surface area contributed by atoms with Gasteiger partial charge in [-0.3, -0.25) is 4.98 Å². The first-order chi connectivity index (χ1) is 7.31. The van der Waals surface area contributed by atoms with E-state index in [1.807, 2.05) is 38.0 Å². The van der Waals surface area contributed by atoms with Gasteiger partial charge in [0, 0.05) is 18.0 Å². The van der Waals surface area contributed by atoms with Crippen LogP contribution in [0.2, 0.25) is 0 Å². The molecule has 0 amide bonds. The van der Waals surface area contributed by atoms with E-state index in [-0.39, 0.29) is 0 Å². The molecule has 15 heavy (non-hydrogen) atoms. The topological polar surface area (TPSA) is 34.1 Å². The van der Waals surface area contributed by atoms with E-state index in [2.05, 4.69) is 16.6 Å². The van der Waals surface area contributed by atoms with E-state index in [0.29, 0.717) is 12.6 Å². The summed E-state index contributed by atoms with van der Waals surface area (Å²) in [6.07, 6.45) is 5.74. The molecule has 4 heteroatoms. The van der Waals surface area contributed by atoms with Gasteiger partial charge in [0.05, 0.1) is 12.8 Å². The number of hydrogen-bond acceptors (Lipinski definition) is 4. The highest BCUT2D eigenvalue weighted by atomic mass is 32.2. The lowest BCUT2D eigenvalue weighted by Gasteiger charge is -2.15. The molecule has 1 rings (SSSR count). The summed E-state index contributed by atoms with van der Waals surface area (Å²) >= 11 is 1.82. The molecule has 1 heterocycles. The van der Waals surface area contributed by atoms with E-state index in [1.165, 1.54) is 5.56 Å². The van der Waals surface area contributed by atoms with Crippen LogP contribution in [-0.2, 0) is 0 Å². The van der Waals surface area contributed by atoms with Crippen LogP contribution >= 0.6 is 11.8 Å². The van der Waals surface area contributed by atoms with Gasteiger partial charge in [-0.05, 0) is 31.9 Å². The van der Waals surface area contributed by atoms with Gasteiger partial charge in [0.25, 0.3) is 0 Å². The Balaban J connectivity index is 2.77. The largest absolute Gasteiger partial charge is 0.492 e. The molecule has 1 aromatic rings. The molecule has 0 fully saturated rings. The average Bonchev–Trinajstić information content (AvgIpc) is 2.27. The van der Waals surface area contributed by atoms with E-state index in [0.717, 1.165) is 11.5 Å². The van der Waals surface area contributed by atoms with E-state index in [4.69, 9.17) is 4.74 Å². The van der Waals surface area contributed by atoms with Crippen molar-refractivity contribution >= 4 is 11.8 Å². The second-order valence-electron chi connectivity index (χ2n) is 3.18. The second kappa shape index (κ2) is 6.69. The fourth-order valence-electron chi connectivity index (χ4n) is 1.38. The fourth-order valence-corrected chi connectivity index (χ4v) is 2.08. The van der Waals surface area contributed by atoms with Crippen LogP contribution in [0.3, 0.4) is 0 Å². The fraction of sp³-hybridized carbons (Fsp3) is 0.545. The minimum Gasteiger partial charge on any atom is -0.492 e. The number of ether oxygens (including phenoxy) is 1. The lowest BCUT2D eigenvalue weighted by atomic mass is 10.1. The van der Waals surface area contributed by atoms with Crippen molar-refractivity contribution in [3.05, 3.63) is 24.0 Å². The maximum Gasteiger partial charge on any atom is 0.137 e. The summed E-state index contributed by atoms with van der Waals surface area (Å²) in [6.45, 7) is 2.65. The number of nitrogens with one attached hydrogen (secondary N) is 1. The summed E-state index contributed by atoms with van der Waals surface area (Å²) in [6, 6.07) is 2.39. The third-order valence-corrected chi connectivity index (χ3v) is 2.80. The van der Waals surface area contributed by atoms with Crippen LogP contribution in [0.4, 0.5) is 0 Å². The van der Waals surface area contributed by atoms with Crippen molar-refractivity contribution in [2.75, 3.05) is 25.7 Å². The summed E-state index contributed by atoms with van der Waals surface area (Å²) in [5.41, 5.74) is 1.18. The summed E-state index contributed by atoms with van der Waals surface area (Å²) in [5.74, 6) is 1.88. The monoisotopic (exact) mass is 226 g/mol. The van der Waals surface area contributed by atoms with Crippen molar-refractivity contribution in [1.82, 2.24) is 10.3 Å². The second-order valence-corrected chi connectivity index (χ2v) is 4.09. The maximum atomic E-state index is 5.42. The Morgan fingerprint density at radius 2 is 2.33 bits per heavy atom. The van der Waals surface area contributed by atoms with Crippen LogP contribution in [-0.4, -0.2) is 30.6 Å². The molecule has 1 aromatic heterocycles. The Labute approximate surface area is 95.6 Å². The van der Waals surface area contributed by atoms with Gasteiger partial charge < -0.3 is 10.1 Å². The van der Waals surface area contributed by atoms with Gasteiger partial charge in [-0.2, -0.15) is 11.8 Å². The van der Waals surface area contributed by atoms with Crippen LogP contribution < -0.4 is 10.1 Å². The summed E-state index contributed by atoms with van der Waals surface area (Å²) in [7, 11) is 1.97. The van der Waals surface area contributed by atoms with Crippen molar-refractivity contribution in [2.45, 2.75) is 13.0 Å². The number of nitrogens with zero attached hydrogens (tertiary/aromatic N) is 1. The van der Waals surface area contributed by atoms with E-state index < -0.39 is 0 Å². The lowest BCUT2D eigenvalue weighted by molar-refractivity contribution is 0.338. The predicted molar refractivity (Wildman–Crippen MR) is 65.6 cm³/mol. The van der Waals surface area contributed by atoms with Crippen molar-refractivity contribution < 1.29 is 4.74 Å². The minimum atomic E-state index is 0.341. The van der Waals surface area contributed by atoms with E-state index in [9.17, 15) is 0 Å². The molecule has 0 radical (unpaired) electrons. The van der Waals surface area contributed by atoms with Gasteiger partial charge in [-0.25, -0.2) is 0 Å². The first-order valence-electron chi connectivity index (χ1n) is 5.05. The molecule has 84 valence electrons. The molecule has 0 aromatic carbocycles. The highest BCUT2D eigenvalue weighted by Gasteiger charge is 2.09. The Kier molecular flexibility index (Phi) is 5.50. The first kappa shape index (κ1) is 12.3. The molecular weight excluding hydrogens is 208 g/mol. The Morgan fingerprint density at radius 1 is 1.53 bits per heavy atom. The molecule has 0 bridgehead atoms. The SMILES string of the molecule is CCOc1cncc(C(CSC)NC)c1. The van der Waals surface area contributed by atoms with Crippen LogP contribution in [0, 0.1) is 0 Å². The smallest absolute Gasteiger partial charge is 0.137 e.